The number of nitrogens with two attached hydrogens (primary N) is 2. The number of hydrogen-bond donors (Lipinski definition) is 4. The Morgan fingerprint density at radius 2 is 1.93 bits per heavy atom. The van der Waals surface area contributed by atoms with Gasteiger partial charge in [-0.3, -0.25) is 0 Å². The second-order valence-electron chi connectivity index (χ2n) is 5.81. The maximum absolute atomic E-state index is 10.6. The number of carboxylic acid groups (broad SMARTS) is 1. The van der Waals surface area contributed by atoms with Gasteiger partial charge < -0.3 is 21.6 Å². The van der Waals surface area contributed by atoms with E-state index >= 15 is 0 Å². The van der Waals surface area contributed by atoms with Crippen LogP contribution in [0.25, 0.3) is 32.2 Å². The number of carboxylic acids is 1. The van der Waals surface area contributed by atoms with Crippen molar-refractivity contribution in [3.8, 4) is 10.4 Å². The molecule has 0 radical (unpaired) electrons. The number of thiophene rings is 1. The largest absolute Gasteiger partial charge is 0.490 e. The van der Waals surface area contributed by atoms with Gasteiger partial charge in [0.05, 0.1) is 16.4 Å². The van der Waals surface area contributed by atoms with Crippen molar-refractivity contribution < 1.29 is 23.1 Å². The predicted molar refractivity (Wildman–Crippen MR) is 102 cm³/mol. The molecule has 4 aromatic rings. The Kier molecular flexibility index (Phi) is 4.86. The first-order valence-electron chi connectivity index (χ1n) is 7.77. The number of halogens is 3. The molecule has 7 nitrogen and oxygen atoms in total. The number of nitrogens with zero attached hydrogens (tertiary/aromatic N) is 2. The monoisotopic (exact) mass is 409 g/mol. The predicted octanol–water partition coefficient (Wildman–Crippen LogP) is 3.95. The number of H-pyrrole nitrogens is 1. The number of aryl methyl sites for hydroxylation is 1. The van der Waals surface area contributed by atoms with Crippen LogP contribution in [0.2, 0.25) is 0 Å². The van der Waals surface area contributed by atoms with E-state index < -0.39 is 12.1 Å². The number of carbonyl (C=O) groups is 1. The summed E-state index contributed by atoms with van der Waals surface area (Å²) in [4.78, 5) is 21.9. The number of nitrogens with one attached hydrogen (secondary N) is 1. The van der Waals surface area contributed by atoms with Crippen molar-refractivity contribution in [2.75, 3.05) is 11.5 Å². The number of aromatic amines is 1. The van der Waals surface area contributed by atoms with Gasteiger partial charge in [-0.05, 0) is 30.5 Å². The first-order chi connectivity index (χ1) is 13.1. The molecule has 0 atom stereocenters. The first kappa shape index (κ1) is 19.4. The van der Waals surface area contributed by atoms with E-state index in [4.69, 9.17) is 21.4 Å². The highest BCUT2D eigenvalue weighted by molar-refractivity contribution is 7.13. The van der Waals surface area contributed by atoms with Crippen molar-refractivity contribution in [2.45, 2.75) is 13.1 Å². The standard InChI is InChI=1S/C15H13N5S.C2HF3O2/c1-7-5-9-12-10(19-15(17)20-14(12)16)6-8(13(9)18-7)11-3-2-4-21-11;3-2(4,5)1(6)7/h2-6,18H,1H3,(H4,16,17,19,20);(H,6,7). The summed E-state index contributed by atoms with van der Waals surface area (Å²) in [5.74, 6) is -2.14. The molecule has 0 saturated heterocycles. The number of fused-ring (bicyclic) bond motifs is 3. The average Bonchev–Trinajstić information content (AvgIpc) is 3.21. The third-order valence-electron chi connectivity index (χ3n) is 3.78. The highest BCUT2D eigenvalue weighted by atomic mass is 32.1. The van der Waals surface area contributed by atoms with E-state index in [0.29, 0.717) is 5.82 Å². The summed E-state index contributed by atoms with van der Waals surface area (Å²) in [5, 5.41) is 11.1. The lowest BCUT2D eigenvalue weighted by Crippen LogP contribution is -2.21. The van der Waals surface area contributed by atoms with Gasteiger partial charge in [0.1, 0.15) is 5.82 Å². The van der Waals surface area contributed by atoms with Crippen LogP contribution in [0.1, 0.15) is 5.69 Å². The first-order valence-corrected chi connectivity index (χ1v) is 8.65. The Morgan fingerprint density at radius 3 is 2.50 bits per heavy atom. The molecule has 0 fully saturated rings. The number of rotatable bonds is 1. The molecule has 3 heterocycles. The summed E-state index contributed by atoms with van der Waals surface area (Å²) >= 11 is 1.69. The van der Waals surface area contributed by atoms with Crippen molar-refractivity contribution in [1.82, 2.24) is 15.0 Å². The van der Waals surface area contributed by atoms with E-state index in [1.54, 1.807) is 11.3 Å². The molecule has 0 saturated carbocycles. The molecule has 3 aromatic heterocycles. The zero-order valence-corrected chi connectivity index (χ0v) is 15.1. The van der Waals surface area contributed by atoms with Crippen molar-refractivity contribution in [3.63, 3.8) is 0 Å². The van der Waals surface area contributed by atoms with Crippen LogP contribution in [-0.4, -0.2) is 32.2 Å². The molecular formula is C17H14F3N5O2S. The average molecular weight is 409 g/mol. The van der Waals surface area contributed by atoms with Crippen LogP contribution in [0.5, 0.6) is 0 Å². The van der Waals surface area contributed by atoms with Gasteiger partial charge in [0.15, 0.2) is 0 Å². The lowest BCUT2D eigenvalue weighted by Gasteiger charge is -2.07. The highest BCUT2D eigenvalue weighted by Gasteiger charge is 2.38. The summed E-state index contributed by atoms with van der Waals surface area (Å²) in [6, 6.07) is 8.22. The Hall–Kier alpha value is -3.34. The lowest BCUT2D eigenvalue weighted by molar-refractivity contribution is -0.192. The number of alkyl halides is 3. The number of benzene rings is 1. The Balaban J connectivity index is 0.000000279. The van der Waals surface area contributed by atoms with E-state index in [-0.39, 0.29) is 5.95 Å². The van der Waals surface area contributed by atoms with Crippen LogP contribution in [0, 0.1) is 6.92 Å². The lowest BCUT2D eigenvalue weighted by atomic mass is 10.0. The fraction of sp³-hybridized carbons (Fsp3) is 0.118. The molecule has 28 heavy (non-hydrogen) atoms. The fourth-order valence-corrected chi connectivity index (χ4v) is 3.48. The summed E-state index contributed by atoms with van der Waals surface area (Å²) in [7, 11) is 0. The normalized spacial score (nSPS) is 11.4. The minimum atomic E-state index is -5.08. The molecular weight excluding hydrogens is 395 g/mol. The number of aromatic nitrogens is 3. The van der Waals surface area contributed by atoms with Gasteiger partial charge in [-0.1, -0.05) is 6.07 Å². The molecule has 6 N–H and O–H groups in total. The smallest absolute Gasteiger partial charge is 0.475 e. The van der Waals surface area contributed by atoms with Crippen LogP contribution in [0.4, 0.5) is 24.9 Å². The van der Waals surface area contributed by atoms with Gasteiger partial charge in [-0.15, -0.1) is 11.3 Å². The summed E-state index contributed by atoms with van der Waals surface area (Å²) in [5.41, 5.74) is 15.8. The third kappa shape index (κ3) is 3.69. The summed E-state index contributed by atoms with van der Waals surface area (Å²) < 4.78 is 31.7. The van der Waals surface area contributed by atoms with E-state index in [1.807, 2.05) is 19.1 Å². The molecule has 0 aliphatic heterocycles. The SMILES string of the molecule is Cc1cc2c([nH]1)c(-c1cccs1)cc1nc(N)nc(N)c12.O=C(O)C(F)(F)F. The van der Waals surface area contributed by atoms with Gasteiger partial charge in [0, 0.05) is 21.5 Å². The van der Waals surface area contributed by atoms with Gasteiger partial charge in [-0.2, -0.15) is 18.2 Å². The molecule has 1 aromatic carbocycles. The Labute approximate surface area is 159 Å². The summed E-state index contributed by atoms with van der Waals surface area (Å²) in [6.07, 6.45) is -5.08. The molecule has 0 spiro atoms. The molecule has 146 valence electrons. The van der Waals surface area contributed by atoms with Crippen molar-refractivity contribution in [2.24, 2.45) is 0 Å². The number of aliphatic carboxylic acids is 1. The molecule has 0 amide bonds. The zero-order chi connectivity index (χ0) is 20.6. The van der Waals surface area contributed by atoms with Crippen molar-refractivity contribution in [1.29, 1.82) is 0 Å². The fourth-order valence-electron chi connectivity index (χ4n) is 2.73. The zero-order valence-electron chi connectivity index (χ0n) is 14.3. The number of anilines is 2. The van der Waals surface area contributed by atoms with E-state index in [9.17, 15) is 13.2 Å². The minimum absolute atomic E-state index is 0.198. The molecule has 11 heteroatoms. The van der Waals surface area contributed by atoms with Crippen LogP contribution in [-0.2, 0) is 4.79 Å². The van der Waals surface area contributed by atoms with E-state index in [2.05, 4.69) is 32.5 Å². The third-order valence-corrected chi connectivity index (χ3v) is 4.69. The molecule has 0 aliphatic rings. The quantitative estimate of drug-likeness (QED) is 0.377. The number of nitrogen functional groups attached to an aromatic ring is 2. The van der Waals surface area contributed by atoms with Gasteiger partial charge in [-0.25, -0.2) is 9.78 Å². The van der Waals surface area contributed by atoms with Crippen LogP contribution >= 0.6 is 11.3 Å². The molecule has 4 rings (SSSR count). The summed E-state index contributed by atoms with van der Waals surface area (Å²) in [6.45, 7) is 2.03. The number of hydrogen-bond acceptors (Lipinski definition) is 6. The van der Waals surface area contributed by atoms with Crippen LogP contribution in [0.15, 0.2) is 29.6 Å². The maximum Gasteiger partial charge on any atom is 0.490 e. The van der Waals surface area contributed by atoms with E-state index in [1.165, 1.54) is 4.88 Å². The van der Waals surface area contributed by atoms with Crippen LogP contribution in [0.3, 0.4) is 0 Å². The van der Waals surface area contributed by atoms with Crippen LogP contribution < -0.4 is 11.5 Å². The topological polar surface area (TPSA) is 131 Å². The second kappa shape index (κ2) is 7.00. The Morgan fingerprint density at radius 1 is 1.25 bits per heavy atom. The van der Waals surface area contributed by atoms with Crippen molar-refractivity contribution >= 4 is 50.9 Å². The molecule has 0 aliphatic carbocycles. The van der Waals surface area contributed by atoms with Gasteiger partial charge in [0.2, 0.25) is 5.95 Å². The maximum atomic E-state index is 10.6. The highest BCUT2D eigenvalue weighted by Crippen LogP contribution is 2.38. The minimum Gasteiger partial charge on any atom is -0.475 e. The second-order valence-corrected chi connectivity index (χ2v) is 6.75. The Bertz CT molecular complexity index is 1170. The molecule has 0 unspecified atom stereocenters. The van der Waals surface area contributed by atoms with E-state index in [0.717, 1.165) is 33.1 Å². The van der Waals surface area contributed by atoms with Gasteiger partial charge in [0.25, 0.3) is 0 Å². The van der Waals surface area contributed by atoms with Gasteiger partial charge >= 0.3 is 12.1 Å². The molecule has 0 bridgehead atoms. The van der Waals surface area contributed by atoms with Crippen molar-refractivity contribution in [3.05, 3.63) is 35.3 Å².